The molecular weight excluding hydrogens is 558 g/mol. The third kappa shape index (κ3) is 8.01. The largest absolute Gasteiger partial charge is 0.493 e. The highest BCUT2D eigenvalue weighted by atomic mass is 16.5. The van der Waals surface area contributed by atoms with Gasteiger partial charge in [0.2, 0.25) is 0 Å². The maximum absolute atomic E-state index is 6.55. The monoisotopic (exact) mass is 607 g/mol. The summed E-state index contributed by atoms with van der Waals surface area (Å²) in [7, 11) is 0. The molecule has 0 aromatic heterocycles. The Morgan fingerprint density at radius 1 is 0.422 bits per heavy atom. The zero-order valence-electron chi connectivity index (χ0n) is 27.3. The summed E-state index contributed by atoms with van der Waals surface area (Å²) in [5.74, 6) is 3.86. The van der Waals surface area contributed by atoms with Gasteiger partial charge in [0, 0.05) is 25.7 Å². The highest BCUT2D eigenvalue weighted by Gasteiger charge is 2.21. The van der Waals surface area contributed by atoms with Gasteiger partial charge in [-0.3, -0.25) is 0 Å². The predicted octanol–water partition coefficient (Wildman–Crippen LogP) is 8.46. The van der Waals surface area contributed by atoms with Crippen molar-refractivity contribution in [1.82, 2.24) is 0 Å². The number of fused-ring (bicyclic) bond motifs is 8. The minimum Gasteiger partial charge on any atom is -0.493 e. The Labute approximate surface area is 269 Å². The smallest absolute Gasteiger partial charge is 0.126 e. The molecule has 45 heavy (non-hydrogen) atoms. The zero-order chi connectivity index (χ0) is 31.4. The van der Waals surface area contributed by atoms with Gasteiger partial charge in [-0.25, -0.2) is 0 Å². The van der Waals surface area contributed by atoms with Gasteiger partial charge >= 0.3 is 0 Å². The molecule has 5 rings (SSSR count). The molecule has 0 fully saturated rings. The van der Waals surface area contributed by atoms with Crippen molar-refractivity contribution >= 4 is 0 Å². The third-order valence-electron chi connectivity index (χ3n) is 8.18. The first-order chi connectivity index (χ1) is 22.2. The van der Waals surface area contributed by atoms with Crippen LogP contribution in [0.5, 0.6) is 23.0 Å². The van der Waals surface area contributed by atoms with E-state index in [9.17, 15) is 0 Å². The van der Waals surface area contributed by atoms with Crippen molar-refractivity contribution in [3.63, 3.8) is 0 Å². The van der Waals surface area contributed by atoms with E-state index in [4.69, 9.17) is 24.7 Å². The summed E-state index contributed by atoms with van der Waals surface area (Å²) < 4.78 is 26.2. The van der Waals surface area contributed by atoms with E-state index in [1.165, 1.54) is 22.3 Å². The summed E-state index contributed by atoms with van der Waals surface area (Å²) in [5, 5.41) is 0. The first kappa shape index (κ1) is 32.4. The average Bonchev–Trinajstić information content (AvgIpc) is 3.04. The van der Waals surface area contributed by atoms with E-state index in [2.05, 4.69) is 93.6 Å². The fraction of sp³-hybridized carbons (Fsp3) is 0.400. The van der Waals surface area contributed by atoms with Gasteiger partial charge in [-0.2, -0.15) is 0 Å². The van der Waals surface area contributed by atoms with Crippen molar-refractivity contribution in [3.05, 3.63) is 117 Å². The van der Waals surface area contributed by atoms with E-state index in [-0.39, 0.29) is 0 Å². The van der Waals surface area contributed by atoms with Crippen molar-refractivity contribution in [3.8, 4) is 23.0 Å². The second kappa shape index (κ2) is 16.4. The van der Waals surface area contributed by atoms with E-state index < -0.39 is 0 Å². The molecule has 0 aliphatic heterocycles. The molecule has 4 aromatic rings. The van der Waals surface area contributed by atoms with Gasteiger partial charge in [0.25, 0.3) is 0 Å². The van der Waals surface area contributed by atoms with Gasteiger partial charge in [-0.15, -0.1) is 0 Å². The van der Waals surface area contributed by atoms with E-state index >= 15 is 0 Å². The van der Waals surface area contributed by atoms with Gasteiger partial charge in [0.05, 0.1) is 26.4 Å². The first-order valence-electron chi connectivity index (χ1n) is 16.8. The maximum Gasteiger partial charge on any atom is 0.126 e. The number of rotatable bonds is 13. The Bertz CT molecular complexity index is 1450. The summed E-state index contributed by atoms with van der Waals surface area (Å²) in [6.45, 7) is 9.64. The quantitative estimate of drug-likeness (QED) is 0.136. The minimum absolute atomic E-state index is 0.578. The Hall–Kier alpha value is -3.96. The number of hydrogen-bond acceptors (Lipinski definition) is 5. The van der Waals surface area contributed by atoms with Gasteiger partial charge in [0.1, 0.15) is 23.0 Å². The summed E-state index contributed by atoms with van der Waals surface area (Å²) in [5.41, 5.74) is 15.2. The van der Waals surface area contributed by atoms with Crippen LogP contribution in [-0.4, -0.2) is 33.0 Å². The van der Waals surface area contributed by atoms with Crippen LogP contribution in [0.15, 0.2) is 72.8 Å². The molecule has 4 aromatic carbocycles. The van der Waals surface area contributed by atoms with Gasteiger partial charge in [-0.05, 0) is 76.7 Å². The standard InChI is InChI=1S/C40H49NO4/c1-4-21-42-37-29-12-7-13-30(37)26-32-15-9-17-34(39(32)44-23-6-3)28-36-19-10-18-35(40(36)45-24-11-20-41)27-33-16-8-14-31(25-29)38(33)43-22-5-2/h7-10,12-19H,4-6,11,20-28,41H2,1-3H3. The zero-order valence-corrected chi connectivity index (χ0v) is 27.3. The van der Waals surface area contributed by atoms with Crippen LogP contribution in [0, 0.1) is 0 Å². The summed E-state index contributed by atoms with van der Waals surface area (Å²) >= 11 is 0. The Kier molecular flexibility index (Phi) is 11.8. The molecule has 0 radical (unpaired) electrons. The SMILES string of the molecule is CCCOc1c2cccc1Cc1cccc(c1OCCC)Cc1cccc(c1OCCCN)Cc1cccc(c1OCCC)C2. The van der Waals surface area contributed by atoms with Crippen molar-refractivity contribution in [1.29, 1.82) is 0 Å². The molecule has 5 nitrogen and oxygen atoms in total. The predicted molar refractivity (Wildman–Crippen MR) is 184 cm³/mol. The van der Waals surface area contributed by atoms with Crippen LogP contribution in [0.4, 0.5) is 0 Å². The fourth-order valence-corrected chi connectivity index (χ4v) is 6.10. The molecule has 1 aliphatic carbocycles. The average molecular weight is 608 g/mol. The number of hydrogen-bond donors (Lipinski definition) is 1. The van der Waals surface area contributed by atoms with Crippen LogP contribution in [0.25, 0.3) is 0 Å². The summed E-state index contributed by atoms with van der Waals surface area (Å²) in [6.07, 6.45) is 6.48. The Morgan fingerprint density at radius 2 is 0.667 bits per heavy atom. The number of benzene rings is 4. The van der Waals surface area contributed by atoms with Crippen molar-refractivity contribution in [2.45, 2.75) is 72.1 Å². The van der Waals surface area contributed by atoms with Crippen molar-refractivity contribution < 1.29 is 18.9 Å². The highest BCUT2D eigenvalue weighted by molar-refractivity contribution is 5.56. The van der Waals surface area contributed by atoms with E-state index in [0.717, 1.165) is 83.8 Å². The molecular formula is C40H49NO4. The molecule has 0 heterocycles. The summed E-state index contributed by atoms with van der Waals surface area (Å²) in [6, 6.07) is 26.2. The number of nitrogens with two attached hydrogens (primary N) is 1. The minimum atomic E-state index is 0.578. The molecule has 0 unspecified atom stereocenters. The van der Waals surface area contributed by atoms with E-state index in [1.54, 1.807) is 0 Å². The van der Waals surface area contributed by atoms with E-state index in [1.807, 2.05) is 0 Å². The Balaban J connectivity index is 1.73. The molecule has 0 saturated heterocycles. The normalized spacial score (nSPS) is 12.4. The molecule has 0 atom stereocenters. The lowest BCUT2D eigenvalue weighted by atomic mass is 9.91. The molecule has 5 heteroatoms. The second-order valence-electron chi connectivity index (χ2n) is 11.9. The molecule has 2 N–H and O–H groups in total. The van der Waals surface area contributed by atoms with Crippen molar-refractivity contribution in [2.24, 2.45) is 5.73 Å². The number of ether oxygens (including phenoxy) is 4. The van der Waals surface area contributed by atoms with Crippen molar-refractivity contribution in [2.75, 3.05) is 33.0 Å². The topological polar surface area (TPSA) is 62.9 Å². The lowest BCUT2D eigenvalue weighted by Crippen LogP contribution is -2.11. The molecule has 0 amide bonds. The van der Waals surface area contributed by atoms with Crippen LogP contribution in [-0.2, 0) is 25.7 Å². The van der Waals surface area contributed by atoms with Gasteiger partial charge < -0.3 is 24.7 Å². The lowest BCUT2D eigenvalue weighted by Gasteiger charge is -2.22. The molecule has 0 saturated carbocycles. The second-order valence-corrected chi connectivity index (χ2v) is 11.9. The fourth-order valence-electron chi connectivity index (χ4n) is 6.10. The molecule has 0 spiro atoms. The third-order valence-corrected chi connectivity index (χ3v) is 8.18. The van der Waals surface area contributed by atoms with Crippen LogP contribution in [0.2, 0.25) is 0 Å². The first-order valence-corrected chi connectivity index (χ1v) is 16.8. The van der Waals surface area contributed by atoms with Gasteiger partial charge in [0.15, 0.2) is 0 Å². The number of para-hydroxylation sites is 4. The molecule has 1 aliphatic rings. The summed E-state index contributed by atoms with van der Waals surface area (Å²) in [4.78, 5) is 0. The van der Waals surface area contributed by atoms with Crippen LogP contribution < -0.4 is 24.7 Å². The van der Waals surface area contributed by atoms with Crippen LogP contribution >= 0.6 is 0 Å². The lowest BCUT2D eigenvalue weighted by molar-refractivity contribution is 0.303. The van der Waals surface area contributed by atoms with E-state index in [0.29, 0.717) is 45.8 Å². The molecule has 238 valence electrons. The Morgan fingerprint density at radius 3 is 0.889 bits per heavy atom. The van der Waals surface area contributed by atoms with Crippen LogP contribution in [0.3, 0.4) is 0 Å². The highest BCUT2D eigenvalue weighted by Crippen LogP contribution is 2.39. The van der Waals surface area contributed by atoms with Gasteiger partial charge in [-0.1, -0.05) is 93.6 Å². The molecule has 8 bridgehead atoms. The maximum atomic E-state index is 6.55. The van der Waals surface area contributed by atoms with Crippen LogP contribution in [0.1, 0.15) is 91.0 Å².